The Morgan fingerprint density at radius 3 is 2.73 bits per heavy atom. The van der Waals surface area contributed by atoms with Gasteiger partial charge in [0.15, 0.2) is 27.1 Å². The van der Waals surface area contributed by atoms with Crippen molar-refractivity contribution in [1.82, 2.24) is 24.7 Å². The number of rotatable bonds is 6. The monoisotopic (exact) mass is 427 g/mol. The standard InChI is InChI=1S/C20H18FN5O3S/c1-3-26-12-23-19-15(11-24-25-20(19)26)13-5-6-16(21)17(9-13)29-18-10-14(7-8-22-18)30(27,28)4-2/h5-12H,3-4H2,1-2H3. The zero-order chi connectivity index (χ0) is 21.3. The summed E-state index contributed by atoms with van der Waals surface area (Å²) in [7, 11) is -3.44. The highest BCUT2D eigenvalue weighted by atomic mass is 32.2. The number of aryl methyl sites for hydroxylation is 1. The molecule has 0 saturated carbocycles. The van der Waals surface area contributed by atoms with E-state index in [1.165, 1.54) is 30.5 Å². The number of benzene rings is 1. The van der Waals surface area contributed by atoms with Crippen LogP contribution >= 0.6 is 0 Å². The molecule has 10 heteroatoms. The van der Waals surface area contributed by atoms with Gasteiger partial charge in [0.2, 0.25) is 5.88 Å². The van der Waals surface area contributed by atoms with E-state index in [1.807, 2.05) is 11.5 Å². The van der Waals surface area contributed by atoms with Crippen molar-refractivity contribution in [3.63, 3.8) is 0 Å². The summed E-state index contributed by atoms with van der Waals surface area (Å²) in [6.07, 6.45) is 4.54. The smallest absolute Gasteiger partial charge is 0.220 e. The second-order valence-corrected chi connectivity index (χ2v) is 8.72. The van der Waals surface area contributed by atoms with Crippen molar-refractivity contribution < 1.29 is 17.5 Å². The molecule has 154 valence electrons. The molecule has 0 aliphatic rings. The van der Waals surface area contributed by atoms with Gasteiger partial charge in [-0.3, -0.25) is 0 Å². The van der Waals surface area contributed by atoms with E-state index in [4.69, 9.17) is 4.74 Å². The van der Waals surface area contributed by atoms with Crippen molar-refractivity contribution in [2.24, 2.45) is 0 Å². The lowest BCUT2D eigenvalue weighted by molar-refractivity contribution is 0.426. The number of hydrogen-bond donors (Lipinski definition) is 0. The molecule has 4 aromatic rings. The van der Waals surface area contributed by atoms with Crippen LogP contribution in [0.1, 0.15) is 13.8 Å². The molecule has 3 aromatic heterocycles. The van der Waals surface area contributed by atoms with Crippen molar-refractivity contribution in [2.75, 3.05) is 5.75 Å². The molecule has 0 N–H and O–H groups in total. The maximum atomic E-state index is 14.4. The maximum Gasteiger partial charge on any atom is 0.220 e. The molecule has 0 unspecified atom stereocenters. The molecule has 0 spiro atoms. The average Bonchev–Trinajstić information content (AvgIpc) is 3.19. The Kier molecular flexibility index (Phi) is 5.17. The van der Waals surface area contributed by atoms with Gasteiger partial charge in [0, 0.05) is 24.4 Å². The molecule has 0 radical (unpaired) electrons. The molecular formula is C20H18FN5O3S. The van der Waals surface area contributed by atoms with Crippen LogP contribution in [0, 0.1) is 5.82 Å². The van der Waals surface area contributed by atoms with Gasteiger partial charge in [-0.15, -0.1) is 5.10 Å². The van der Waals surface area contributed by atoms with Crippen LogP contribution in [0.25, 0.3) is 22.3 Å². The lowest BCUT2D eigenvalue weighted by Gasteiger charge is -2.10. The van der Waals surface area contributed by atoms with E-state index in [0.29, 0.717) is 28.8 Å². The molecule has 1 aromatic carbocycles. The van der Waals surface area contributed by atoms with Crippen molar-refractivity contribution in [2.45, 2.75) is 25.3 Å². The molecule has 8 nitrogen and oxygen atoms in total. The number of halogens is 1. The van der Waals surface area contributed by atoms with Crippen LogP contribution in [0.4, 0.5) is 4.39 Å². The third kappa shape index (κ3) is 3.61. The number of nitrogens with zero attached hydrogens (tertiary/aromatic N) is 5. The van der Waals surface area contributed by atoms with Crippen LogP contribution in [0.5, 0.6) is 11.6 Å². The van der Waals surface area contributed by atoms with Gasteiger partial charge in [-0.1, -0.05) is 13.0 Å². The van der Waals surface area contributed by atoms with Gasteiger partial charge in [-0.25, -0.2) is 22.8 Å². The van der Waals surface area contributed by atoms with E-state index in [0.717, 1.165) is 0 Å². The lowest BCUT2D eigenvalue weighted by atomic mass is 10.1. The van der Waals surface area contributed by atoms with E-state index in [2.05, 4.69) is 20.2 Å². The Morgan fingerprint density at radius 2 is 1.97 bits per heavy atom. The van der Waals surface area contributed by atoms with Crippen LogP contribution in [0.2, 0.25) is 0 Å². The number of hydrogen-bond acceptors (Lipinski definition) is 7. The van der Waals surface area contributed by atoms with Gasteiger partial charge in [0.25, 0.3) is 0 Å². The Hall–Kier alpha value is -3.40. The second-order valence-electron chi connectivity index (χ2n) is 6.44. The molecule has 3 heterocycles. The quantitative estimate of drug-likeness (QED) is 0.463. The average molecular weight is 427 g/mol. The van der Waals surface area contributed by atoms with E-state index in [9.17, 15) is 12.8 Å². The maximum absolute atomic E-state index is 14.4. The Bertz CT molecular complexity index is 1340. The minimum atomic E-state index is -3.44. The first-order valence-corrected chi connectivity index (χ1v) is 10.9. The fourth-order valence-electron chi connectivity index (χ4n) is 2.98. The Morgan fingerprint density at radius 1 is 1.13 bits per heavy atom. The first-order valence-electron chi connectivity index (χ1n) is 9.26. The normalized spacial score (nSPS) is 11.7. The lowest BCUT2D eigenvalue weighted by Crippen LogP contribution is -2.04. The number of aromatic nitrogens is 5. The summed E-state index contributed by atoms with van der Waals surface area (Å²) in [5.41, 5.74) is 2.57. The number of ether oxygens (including phenoxy) is 1. The predicted molar refractivity (Wildman–Crippen MR) is 108 cm³/mol. The van der Waals surface area contributed by atoms with Crippen molar-refractivity contribution in [3.05, 3.63) is 54.9 Å². The van der Waals surface area contributed by atoms with Crippen molar-refractivity contribution >= 4 is 21.0 Å². The fraction of sp³-hybridized carbons (Fsp3) is 0.200. The van der Waals surface area contributed by atoms with Crippen LogP contribution in [-0.2, 0) is 16.4 Å². The molecule has 0 saturated heterocycles. The van der Waals surface area contributed by atoms with Gasteiger partial charge in [-0.05, 0) is 30.7 Å². The zero-order valence-electron chi connectivity index (χ0n) is 16.3. The summed E-state index contributed by atoms with van der Waals surface area (Å²) < 4.78 is 46.0. The molecule has 30 heavy (non-hydrogen) atoms. The van der Waals surface area contributed by atoms with Crippen molar-refractivity contribution in [3.8, 4) is 22.8 Å². The zero-order valence-corrected chi connectivity index (χ0v) is 17.1. The fourth-order valence-corrected chi connectivity index (χ4v) is 3.87. The third-order valence-electron chi connectivity index (χ3n) is 4.65. The molecule has 0 aliphatic carbocycles. The van der Waals surface area contributed by atoms with Gasteiger partial charge < -0.3 is 9.30 Å². The molecule has 0 atom stereocenters. The molecule has 0 amide bonds. The third-order valence-corrected chi connectivity index (χ3v) is 6.38. The van der Waals surface area contributed by atoms with Crippen LogP contribution in [0.3, 0.4) is 0 Å². The van der Waals surface area contributed by atoms with Gasteiger partial charge in [0.05, 0.1) is 23.2 Å². The predicted octanol–water partition coefficient (Wildman–Crippen LogP) is 3.63. The van der Waals surface area contributed by atoms with E-state index >= 15 is 0 Å². The molecule has 0 aliphatic heterocycles. The molecular weight excluding hydrogens is 409 g/mol. The summed E-state index contributed by atoms with van der Waals surface area (Å²) in [4.78, 5) is 8.46. The van der Waals surface area contributed by atoms with Crippen molar-refractivity contribution in [1.29, 1.82) is 0 Å². The molecule has 0 fully saturated rings. The number of imidazole rings is 1. The minimum absolute atomic E-state index is 0.0196. The highest BCUT2D eigenvalue weighted by molar-refractivity contribution is 7.91. The topological polar surface area (TPSA) is 99.9 Å². The highest BCUT2D eigenvalue weighted by Crippen LogP contribution is 2.32. The first-order chi connectivity index (χ1) is 14.4. The summed E-state index contributed by atoms with van der Waals surface area (Å²) in [5, 5.41) is 8.15. The summed E-state index contributed by atoms with van der Waals surface area (Å²) >= 11 is 0. The van der Waals surface area contributed by atoms with E-state index in [-0.39, 0.29) is 22.3 Å². The number of pyridine rings is 1. The minimum Gasteiger partial charge on any atom is -0.436 e. The number of fused-ring (bicyclic) bond motifs is 1. The SMILES string of the molecule is CCn1cnc2c(-c3ccc(F)c(Oc4cc(S(=O)(=O)CC)ccn4)c3)cnnc21. The molecule has 0 bridgehead atoms. The van der Waals surface area contributed by atoms with E-state index < -0.39 is 15.7 Å². The first kappa shape index (κ1) is 19.9. The van der Waals surface area contributed by atoms with Crippen LogP contribution in [0.15, 0.2) is 53.9 Å². The highest BCUT2D eigenvalue weighted by Gasteiger charge is 2.16. The summed E-state index contributed by atoms with van der Waals surface area (Å²) in [6.45, 7) is 4.21. The number of sulfone groups is 1. The van der Waals surface area contributed by atoms with Crippen LogP contribution in [-0.4, -0.2) is 38.9 Å². The second kappa shape index (κ2) is 7.79. The van der Waals surface area contributed by atoms with Gasteiger partial charge >= 0.3 is 0 Å². The summed E-state index contributed by atoms with van der Waals surface area (Å²) in [5.74, 6) is -0.781. The largest absolute Gasteiger partial charge is 0.436 e. The Labute approximate surface area is 172 Å². The summed E-state index contributed by atoms with van der Waals surface area (Å²) in [6, 6.07) is 7.01. The van der Waals surface area contributed by atoms with Gasteiger partial charge in [0.1, 0.15) is 5.52 Å². The van der Waals surface area contributed by atoms with Gasteiger partial charge in [-0.2, -0.15) is 5.10 Å². The Balaban J connectivity index is 1.74. The van der Waals surface area contributed by atoms with Crippen LogP contribution < -0.4 is 4.74 Å². The van der Waals surface area contributed by atoms with E-state index in [1.54, 1.807) is 25.5 Å². The molecule has 4 rings (SSSR count).